The third-order valence-electron chi connectivity index (χ3n) is 6.13. The summed E-state index contributed by atoms with van der Waals surface area (Å²) in [5, 5.41) is 2.74. The largest absolute Gasteiger partial charge is 0.325 e. The first-order chi connectivity index (χ1) is 14.7. The summed E-state index contributed by atoms with van der Waals surface area (Å²) < 4.78 is 0. The second-order valence-corrected chi connectivity index (χ2v) is 8.29. The summed E-state index contributed by atoms with van der Waals surface area (Å²) >= 11 is 0. The number of rotatable bonds is 6. The van der Waals surface area contributed by atoms with Gasteiger partial charge in [0.2, 0.25) is 5.91 Å². The van der Waals surface area contributed by atoms with Crippen molar-refractivity contribution >= 4 is 29.3 Å². The van der Waals surface area contributed by atoms with Gasteiger partial charge in [0.1, 0.15) is 5.54 Å². The van der Waals surface area contributed by atoms with Crippen LogP contribution in [0, 0.1) is 0 Å². The molecule has 0 aromatic heterocycles. The first-order valence-corrected chi connectivity index (χ1v) is 10.4. The van der Waals surface area contributed by atoms with E-state index in [4.69, 9.17) is 0 Å². The molecule has 1 atom stereocenters. The normalized spacial score (nSPS) is 20.3. The number of aryl methyl sites for hydroxylation is 1. The molecule has 0 unspecified atom stereocenters. The summed E-state index contributed by atoms with van der Waals surface area (Å²) in [5.41, 5.74) is 2.55. The van der Waals surface area contributed by atoms with Crippen molar-refractivity contribution in [2.75, 3.05) is 18.5 Å². The Balaban J connectivity index is 1.52. The van der Waals surface area contributed by atoms with Gasteiger partial charge >= 0.3 is 6.03 Å². The minimum atomic E-state index is -1.21. The van der Waals surface area contributed by atoms with Crippen LogP contribution < -0.4 is 10.2 Å². The molecule has 2 heterocycles. The summed E-state index contributed by atoms with van der Waals surface area (Å²) in [7, 11) is 1.69. The van der Waals surface area contributed by atoms with Crippen LogP contribution in [0.1, 0.15) is 47.3 Å². The summed E-state index contributed by atoms with van der Waals surface area (Å²) in [6.07, 6.45) is 2.21. The highest BCUT2D eigenvalue weighted by molar-refractivity contribution is 6.11. The van der Waals surface area contributed by atoms with Gasteiger partial charge in [0.15, 0.2) is 5.78 Å². The van der Waals surface area contributed by atoms with Crippen LogP contribution in [0.3, 0.4) is 0 Å². The number of hydrogen-bond donors (Lipinski definition) is 1. The highest BCUT2D eigenvalue weighted by Crippen LogP contribution is 2.31. The van der Waals surface area contributed by atoms with Crippen LogP contribution in [-0.4, -0.2) is 42.1 Å². The Kier molecular flexibility index (Phi) is 5.13. The molecule has 0 bridgehead atoms. The van der Waals surface area contributed by atoms with E-state index in [1.165, 1.54) is 5.56 Å². The Labute approximate surface area is 181 Å². The minimum absolute atomic E-state index is 0.0329. The van der Waals surface area contributed by atoms with Gasteiger partial charge in [-0.15, -0.1) is 0 Å². The number of nitrogens with zero attached hydrogens (tertiary/aromatic N) is 2. The van der Waals surface area contributed by atoms with Crippen molar-refractivity contribution in [3.63, 3.8) is 0 Å². The standard InChI is InChI=1S/C24H25N3O4/c1-4-5-15-6-9-18(10-7-15)24(2)22(30)27(23(31)25-24)14-20(28)16-8-11-19-17(12-16)13-21(29)26(19)3/h6-12H,4-5,13-14H2,1-3H3,(H,25,31)/t24-/m0/s1. The van der Waals surface area contributed by atoms with Crippen LogP contribution in [-0.2, 0) is 28.0 Å². The van der Waals surface area contributed by atoms with Crippen LogP contribution in [0.15, 0.2) is 42.5 Å². The highest BCUT2D eigenvalue weighted by Gasteiger charge is 2.49. The average molecular weight is 419 g/mol. The fourth-order valence-electron chi connectivity index (χ4n) is 4.21. The van der Waals surface area contributed by atoms with E-state index >= 15 is 0 Å². The van der Waals surface area contributed by atoms with Crippen LogP contribution in [0.4, 0.5) is 10.5 Å². The van der Waals surface area contributed by atoms with Crippen molar-refractivity contribution in [2.45, 2.75) is 38.6 Å². The predicted octanol–water partition coefficient (Wildman–Crippen LogP) is 2.81. The molecule has 1 N–H and O–H groups in total. The number of likely N-dealkylation sites (N-methyl/N-ethyl adjacent to an activating group) is 1. The molecule has 1 saturated heterocycles. The van der Waals surface area contributed by atoms with Gasteiger partial charge < -0.3 is 10.2 Å². The molecule has 0 spiro atoms. The molecule has 4 amide bonds. The number of Topliss-reactive ketones (excluding diaryl/α,β-unsaturated/α-hetero) is 1. The summed E-state index contributed by atoms with van der Waals surface area (Å²) in [5.74, 6) is -0.838. The Hall–Kier alpha value is -3.48. The lowest BCUT2D eigenvalue weighted by atomic mass is 9.91. The van der Waals surface area contributed by atoms with E-state index in [-0.39, 0.29) is 24.7 Å². The van der Waals surface area contributed by atoms with Crippen molar-refractivity contribution in [3.8, 4) is 0 Å². The maximum Gasteiger partial charge on any atom is 0.325 e. The predicted molar refractivity (Wildman–Crippen MR) is 116 cm³/mol. The van der Waals surface area contributed by atoms with E-state index < -0.39 is 17.5 Å². The SMILES string of the molecule is CCCc1ccc([C@]2(C)NC(=O)N(CC(=O)c3ccc4c(c3)CC(=O)N4C)C2=O)cc1. The quantitative estimate of drug-likeness (QED) is 0.576. The lowest BCUT2D eigenvalue weighted by Crippen LogP contribution is -2.41. The van der Waals surface area contributed by atoms with Crippen molar-refractivity contribution in [1.82, 2.24) is 10.2 Å². The molecule has 7 nitrogen and oxygen atoms in total. The Morgan fingerprint density at radius 1 is 1.10 bits per heavy atom. The third kappa shape index (κ3) is 3.50. The molecule has 1 fully saturated rings. The number of urea groups is 1. The van der Waals surface area contributed by atoms with Crippen LogP contribution in [0.25, 0.3) is 0 Å². The number of amides is 4. The summed E-state index contributed by atoms with van der Waals surface area (Å²) in [6.45, 7) is 3.40. The number of anilines is 1. The Morgan fingerprint density at radius 3 is 2.48 bits per heavy atom. The van der Waals surface area contributed by atoms with Gasteiger partial charge in [0, 0.05) is 18.3 Å². The molecule has 0 aliphatic carbocycles. The van der Waals surface area contributed by atoms with Gasteiger partial charge in [-0.1, -0.05) is 37.6 Å². The number of fused-ring (bicyclic) bond motifs is 1. The maximum atomic E-state index is 13.1. The Bertz CT molecular complexity index is 1090. The lowest BCUT2D eigenvalue weighted by Gasteiger charge is -2.22. The van der Waals surface area contributed by atoms with Gasteiger partial charge in [0.25, 0.3) is 5.91 Å². The maximum absolute atomic E-state index is 13.1. The van der Waals surface area contributed by atoms with Gasteiger partial charge in [-0.3, -0.25) is 19.3 Å². The number of carbonyl (C=O) groups is 4. The van der Waals surface area contributed by atoms with E-state index in [9.17, 15) is 19.2 Å². The topological polar surface area (TPSA) is 86.8 Å². The second kappa shape index (κ2) is 7.65. The van der Waals surface area contributed by atoms with E-state index in [2.05, 4.69) is 12.2 Å². The molecule has 2 aliphatic rings. The number of imide groups is 1. The van der Waals surface area contributed by atoms with Gasteiger partial charge in [-0.2, -0.15) is 0 Å². The molecule has 2 aromatic rings. The summed E-state index contributed by atoms with van der Waals surface area (Å²) in [6, 6.07) is 12.0. The number of nitrogens with one attached hydrogen (secondary N) is 1. The highest BCUT2D eigenvalue weighted by atomic mass is 16.2. The Morgan fingerprint density at radius 2 is 1.81 bits per heavy atom. The van der Waals surface area contributed by atoms with Crippen LogP contribution in [0.5, 0.6) is 0 Å². The molecule has 2 aromatic carbocycles. The van der Waals surface area contributed by atoms with Crippen molar-refractivity contribution in [2.24, 2.45) is 0 Å². The zero-order valence-electron chi connectivity index (χ0n) is 17.9. The summed E-state index contributed by atoms with van der Waals surface area (Å²) in [4.78, 5) is 52.9. The number of carbonyl (C=O) groups excluding carboxylic acids is 4. The molecule has 0 radical (unpaired) electrons. The first-order valence-electron chi connectivity index (χ1n) is 10.4. The van der Waals surface area contributed by atoms with Crippen LogP contribution in [0.2, 0.25) is 0 Å². The molecular formula is C24H25N3O4. The van der Waals surface area contributed by atoms with Crippen LogP contribution >= 0.6 is 0 Å². The third-order valence-corrected chi connectivity index (χ3v) is 6.13. The van der Waals surface area contributed by atoms with Gasteiger partial charge in [-0.05, 0) is 48.2 Å². The smallest absolute Gasteiger partial charge is 0.319 e. The molecule has 0 saturated carbocycles. The van der Waals surface area contributed by atoms with Crippen molar-refractivity contribution in [3.05, 3.63) is 64.7 Å². The van der Waals surface area contributed by atoms with Gasteiger partial charge in [0.05, 0.1) is 13.0 Å². The average Bonchev–Trinajstić information content (AvgIpc) is 3.16. The number of ketones is 1. The molecule has 31 heavy (non-hydrogen) atoms. The zero-order chi connectivity index (χ0) is 22.3. The second-order valence-electron chi connectivity index (χ2n) is 8.29. The van der Waals surface area contributed by atoms with E-state index in [0.29, 0.717) is 11.1 Å². The van der Waals surface area contributed by atoms with E-state index in [0.717, 1.165) is 29.0 Å². The molecular weight excluding hydrogens is 394 g/mol. The van der Waals surface area contributed by atoms with E-state index in [1.54, 1.807) is 37.1 Å². The fraction of sp³-hybridized carbons (Fsp3) is 0.333. The zero-order valence-corrected chi connectivity index (χ0v) is 17.9. The number of hydrogen-bond acceptors (Lipinski definition) is 4. The minimum Gasteiger partial charge on any atom is -0.319 e. The van der Waals surface area contributed by atoms with Crippen molar-refractivity contribution in [1.29, 1.82) is 0 Å². The monoisotopic (exact) mass is 419 g/mol. The molecule has 2 aliphatic heterocycles. The first kappa shape index (κ1) is 20.8. The van der Waals surface area contributed by atoms with Crippen molar-refractivity contribution < 1.29 is 19.2 Å². The molecule has 4 rings (SSSR count). The number of benzene rings is 2. The van der Waals surface area contributed by atoms with E-state index in [1.807, 2.05) is 24.3 Å². The molecule has 160 valence electrons. The fourth-order valence-corrected chi connectivity index (χ4v) is 4.21. The lowest BCUT2D eigenvalue weighted by molar-refractivity contribution is -0.130. The van der Waals surface area contributed by atoms with Gasteiger partial charge in [-0.25, -0.2) is 4.79 Å². The molecule has 7 heteroatoms.